The third-order valence-corrected chi connectivity index (χ3v) is 4.18. The number of nitrogens with two attached hydrogens (primary N) is 1. The second-order valence-corrected chi connectivity index (χ2v) is 5.80. The molecule has 2 aromatic rings. The first-order chi connectivity index (χ1) is 11.2. The molecule has 1 unspecified atom stereocenters. The molecular weight excluding hydrogens is 292 g/mol. The molecule has 122 valence electrons. The average Bonchev–Trinajstić information content (AvgIpc) is 3.26. The molecule has 3 atom stereocenters. The quantitative estimate of drug-likeness (QED) is 0.877. The average molecular weight is 314 g/mol. The molecule has 1 amide bonds. The van der Waals surface area contributed by atoms with Gasteiger partial charge in [-0.1, -0.05) is 18.2 Å². The fourth-order valence-corrected chi connectivity index (χ4v) is 2.93. The first kappa shape index (κ1) is 15.7. The van der Waals surface area contributed by atoms with Crippen molar-refractivity contribution in [2.24, 2.45) is 5.73 Å². The van der Waals surface area contributed by atoms with Crippen molar-refractivity contribution in [1.82, 2.24) is 15.1 Å². The molecular formula is C17H22N4O2. The van der Waals surface area contributed by atoms with Crippen molar-refractivity contribution in [3.63, 3.8) is 0 Å². The van der Waals surface area contributed by atoms with Crippen LogP contribution < -0.4 is 11.1 Å². The molecule has 1 aliphatic heterocycles. The van der Waals surface area contributed by atoms with Crippen molar-refractivity contribution in [1.29, 1.82) is 0 Å². The van der Waals surface area contributed by atoms with E-state index in [1.807, 2.05) is 43.5 Å². The van der Waals surface area contributed by atoms with Crippen LogP contribution in [0.2, 0.25) is 0 Å². The summed E-state index contributed by atoms with van der Waals surface area (Å²) in [5.41, 5.74) is 7.56. The summed E-state index contributed by atoms with van der Waals surface area (Å²) in [6.07, 6.45) is 4.78. The van der Waals surface area contributed by atoms with Crippen LogP contribution in [0.1, 0.15) is 31.4 Å². The molecule has 23 heavy (non-hydrogen) atoms. The maximum Gasteiger partial charge on any atom is 0.249 e. The zero-order valence-corrected chi connectivity index (χ0v) is 13.2. The fourth-order valence-electron chi connectivity index (χ4n) is 2.93. The van der Waals surface area contributed by atoms with E-state index in [0.29, 0.717) is 6.54 Å². The molecule has 0 saturated carbocycles. The van der Waals surface area contributed by atoms with E-state index < -0.39 is 6.10 Å². The lowest BCUT2D eigenvalue weighted by atomic mass is 10.1. The number of carbonyl (C=O) groups is 1. The van der Waals surface area contributed by atoms with Crippen molar-refractivity contribution in [2.45, 2.75) is 38.0 Å². The standard InChI is InChI=1S/C17H22N4O2/c1-12(20-17(22)16-8-7-13(11-18)23-16)14-5-2-3-6-15(14)21-10-4-9-19-21/h2-6,9-10,12-13,16H,7-8,11,18H2,1H3,(H,20,22)/t12?,13-,16+/m1/s1. The molecule has 0 aliphatic carbocycles. The predicted octanol–water partition coefficient (Wildman–Crippen LogP) is 1.56. The molecule has 1 aliphatic rings. The highest BCUT2D eigenvalue weighted by Gasteiger charge is 2.30. The third-order valence-electron chi connectivity index (χ3n) is 4.18. The highest BCUT2D eigenvalue weighted by atomic mass is 16.5. The summed E-state index contributed by atoms with van der Waals surface area (Å²) in [6.45, 7) is 2.43. The first-order valence-electron chi connectivity index (χ1n) is 7.94. The van der Waals surface area contributed by atoms with E-state index in [1.54, 1.807) is 10.9 Å². The first-order valence-corrected chi connectivity index (χ1v) is 7.94. The summed E-state index contributed by atoms with van der Waals surface area (Å²) in [4.78, 5) is 12.4. The van der Waals surface area contributed by atoms with Crippen LogP contribution in [0.15, 0.2) is 42.7 Å². The second-order valence-electron chi connectivity index (χ2n) is 5.80. The van der Waals surface area contributed by atoms with Crippen LogP contribution in [0.4, 0.5) is 0 Å². The van der Waals surface area contributed by atoms with Crippen LogP contribution in [0.5, 0.6) is 0 Å². The smallest absolute Gasteiger partial charge is 0.249 e. The lowest BCUT2D eigenvalue weighted by molar-refractivity contribution is -0.132. The van der Waals surface area contributed by atoms with Gasteiger partial charge in [0.05, 0.1) is 17.8 Å². The fraction of sp³-hybridized carbons (Fsp3) is 0.412. The Morgan fingerprint density at radius 2 is 2.26 bits per heavy atom. The van der Waals surface area contributed by atoms with Crippen LogP contribution in [-0.4, -0.2) is 34.4 Å². The second kappa shape index (κ2) is 6.93. The number of nitrogens with zero attached hydrogens (tertiary/aromatic N) is 2. The van der Waals surface area contributed by atoms with Crippen LogP contribution in [0, 0.1) is 0 Å². The van der Waals surface area contributed by atoms with Gasteiger partial charge in [-0.15, -0.1) is 0 Å². The van der Waals surface area contributed by atoms with E-state index in [2.05, 4.69) is 10.4 Å². The van der Waals surface area contributed by atoms with E-state index in [9.17, 15) is 4.79 Å². The number of para-hydroxylation sites is 1. The minimum atomic E-state index is -0.400. The van der Waals surface area contributed by atoms with Gasteiger partial charge in [0.2, 0.25) is 5.91 Å². The number of hydrogen-bond acceptors (Lipinski definition) is 4. The maximum absolute atomic E-state index is 12.4. The van der Waals surface area contributed by atoms with E-state index in [-0.39, 0.29) is 18.1 Å². The summed E-state index contributed by atoms with van der Waals surface area (Å²) in [7, 11) is 0. The number of ether oxygens (including phenoxy) is 1. The van der Waals surface area contributed by atoms with Crippen molar-refractivity contribution in [3.8, 4) is 5.69 Å². The van der Waals surface area contributed by atoms with Crippen molar-refractivity contribution < 1.29 is 9.53 Å². The monoisotopic (exact) mass is 314 g/mol. The lowest BCUT2D eigenvalue weighted by Gasteiger charge is -2.20. The van der Waals surface area contributed by atoms with Gasteiger partial charge in [-0.3, -0.25) is 4.79 Å². The third kappa shape index (κ3) is 3.43. The van der Waals surface area contributed by atoms with E-state index >= 15 is 0 Å². The Morgan fingerprint density at radius 1 is 1.43 bits per heavy atom. The Morgan fingerprint density at radius 3 is 2.96 bits per heavy atom. The normalized spacial score (nSPS) is 22.0. The van der Waals surface area contributed by atoms with E-state index in [4.69, 9.17) is 10.5 Å². The number of carbonyl (C=O) groups excluding carboxylic acids is 1. The highest BCUT2D eigenvalue weighted by molar-refractivity contribution is 5.81. The van der Waals surface area contributed by atoms with Gasteiger partial charge < -0.3 is 15.8 Å². The molecule has 2 heterocycles. The Labute approximate surface area is 135 Å². The molecule has 0 bridgehead atoms. The van der Waals surface area contributed by atoms with Crippen LogP contribution in [-0.2, 0) is 9.53 Å². The van der Waals surface area contributed by atoms with Crippen molar-refractivity contribution >= 4 is 5.91 Å². The zero-order valence-electron chi connectivity index (χ0n) is 13.2. The van der Waals surface area contributed by atoms with Crippen LogP contribution >= 0.6 is 0 Å². The van der Waals surface area contributed by atoms with Crippen molar-refractivity contribution in [3.05, 3.63) is 48.3 Å². The van der Waals surface area contributed by atoms with Gasteiger partial charge in [0, 0.05) is 18.9 Å². The number of benzene rings is 1. The maximum atomic E-state index is 12.4. The molecule has 1 fully saturated rings. The molecule has 1 saturated heterocycles. The van der Waals surface area contributed by atoms with Crippen molar-refractivity contribution in [2.75, 3.05) is 6.54 Å². The largest absolute Gasteiger partial charge is 0.364 e. The van der Waals surface area contributed by atoms with Gasteiger partial charge in [-0.25, -0.2) is 4.68 Å². The minimum Gasteiger partial charge on any atom is -0.364 e. The molecule has 0 spiro atoms. The molecule has 0 radical (unpaired) electrons. The summed E-state index contributed by atoms with van der Waals surface area (Å²) in [5.74, 6) is -0.0799. The van der Waals surface area contributed by atoms with Gasteiger partial charge in [-0.2, -0.15) is 5.10 Å². The number of nitrogens with one attached hydrogen (secondary N) is 1. The highest BCUT2D eigenvalue weighted by Crippen LogP contribution is 2.23. The number of aromatic nitrogens is 2. The Kier molecular flexibility index (Phi) is 4.73. The van der Waals surface area contributed by atoms with Gasteiger partial charge in [-0.05, 0) is 37.5 Å². The summed E-state index contributed by atoms with van der Waals surface area (Å²) in [5, 5.41) is 7.31. The summed E-state index contributed by atoms with van der Waals surface area (Å²) >= 11 is 0. The van der Waals surface area contributed by atoms with Crippen LogP contribution in [0.25, 0.3) is 5.69 Å². The van der Waals surface area contributed by atoms with Gasteiger partial charge in [0.1, 0.15) is 6.10 Å². The summed E-state index contributed by atoms with van der Waals surface area (Å²) < 4.78 is 7.46. The Hall–Kier alpha value is -2.18. The van der Waals surface area contributed by atoms with E-state index in [1.165, 1.54) is 0 Å². The van der Waals surface area contributed by atoms with Gasteiger partial charge >= 0.3 is 0 Å². The SMILES string of the molecule is CC(NC(=O)[C@@H]1CC[C@H](CN)O1)c1ccccc1-n1cccn1. The number of hydrogen-bond donors (Lipinski definition) is 2. The van der Waals surface area contributed by atoms with Gasteiger partial charge in [0.25, 0.3) is 0 Å². The zero-order chi connectivity index (χ0) is 16.2. The molecule has 3 N–H and O–H groups in total. The van der Waals surface area contributed by atoms with Gasteiger partial charge in [0.15, 0.2) is 0 Å². The predicted molar refractivity (Wildman–Crippen MR) is 87.1 cm³/mol. The lowest BCUT2D eigenvalue weighted by Crippen LogP contribution is -2.37. The molecule has 1 aromatic carbocycles. The van der Waals surface area contributed by atoms with Crippen LogP contribution in [0.3, 0.4) is 0 Å². The molecule has 6 nitrogen and oxygen atoms in total. The molecule has 1 aromatic heterocycles. The Bertz CT molecular complexity index is 656. The topological polar surface area (TPSA) is 82.2 Å². The Balaban J connectivity index is 1.72. The van der Waals surface area contributed by atoms with E-state index in [0.717, 1.165) is 24.1 Å². The molecule has 3 rings (SSSR count). The molecule has 6 heteroatoms. The summed E-state index contributed by atoms with van der Waals surface area (Å²) in [6, 6.07) is 9.65. The number of rotatable bonds is 5. The minimum absolute atomic E-state index is 0.00239. The number of amides is 1.